The van der Waals surface area contributed by atoms with Crippen LogP contribution in [0.1, 0.15) is 24.2 Å². The van der Waals surface area contributed by atoms with Crippen molar-refractivity contribution in [2.24, 2.45) is 0 Å². The van der Waals surface area contributed by atoms with Gasteiger partial charge in [-0.1, -0.05) is 15.9 Å². The summed E-state index contributed by atoms with van der Waals surface area (Å²) in [5, 5.41) is 2.76. The van der Waals surface area contributed by atoms with Crippen LogP contribution in [0.2, 0.25) is 0 Å². The van der Waals surface area contributed by atoms with Crippen LogP contribution in [-0.4, -0.2) is 25.2 Å². The molecular weight excluding hydrogens is 284 g/mol. The Morgan fingerprint density at radius 2 is 2.24 bits per heavy atom. The van der Waals surface area contributed by atoms with Crippen LogP contribution < -0.4 is 11.1 Å². The van der Waals surface area contributed by atoms with Gasteiger partial charge in [0.1, 0.15) is 0 Å². The van der Waals surface area contributed by atoms with Crippen molar-refractivity contribution >= 4 is 27.5 Å². The number of amides is 1. The first kappa shape index (κ1) is 14.0. The number of hydrogen-bond donors (Lipinski definition) is 2. The molecule has 0 spiro atoms. The van der Waals surface area contributed by atoms with Gasteiger partial charge < -0.3 is 15.8 Å². The number of nitrogens with two attached hydrogens (primary N) is 1. The summed E-state index contributed by atoms with van der Waals surface area (Å²) in [7, 11) is 0. The number of anilines is 1. The van der Waals surface area contributed by atoms with Gasteiger partial charge in [0, 0.05) is 16.7 Å². The smallest absolute Gasteiger partial charge is 0.253 e. The SMILES string of the molecule is CC(C)OCCNC(=O)c1ccc(Br)cc1N. The van der Waals surface area contributed by atoms with Gasteiger partial charge in [-0.3, -0.25) is 4.79 Å². The van der Waals surface area contributed by atoms with E-state index in [1.165, 1.54) is 0 Å². The van der Waals surface area contributed by atoms with Crippen LogP contribution in [0.15, 0.2) is 22.7 Å². The minimum Gasteiger partial charge on any atom is -0.398 e. The highest BCUT2D eigenvalue weighted by Crippen LogP contribution is 2.18. The summed E-state index contributed by atoms with van der Waals surface area (Å²) in [4.78, 5) is 11.8. The molecule has 0 saturated heterocycles. The fraction of sp³-hybridized carbons (Fsp3) is 0.417. The number of carbonyl (C=O) groups excluding carboxylic acids is 1. The highest BCUT2D eigenvalue weighted by molar-refractivity contribution is 9.10. The van der Waals surface area contributed by atoms with Crippen molar-refractivity contribution < 1.29 is 9.53 Å². The van der Waals surface area contributed by atoms with Gasteiger partial charge in [0.05, 0.1) is 18.3 Å². The first-order valence-corrected chi connectivity index (χ1v) is 6.25. The van der Waals surface area contributed by atoms with Crippen molar-refractivity contribution in [3.8, 4) is 0 Å². The molecule has 1 rings (SSSR count). The number of benzene rings is 1. The molecule has 94 valence electrons. The first-order chi connectivity index (χ1) is 8.00. The van der Waals surface area contributed by atoms with Gasteiger partial charge >= 0.3 is 0 Å². The minimum atomic E-state index is -0.178. The van der Waals surface area contributed by atoms with Crippen molar-refractivity contribution in [2.75, 3.05) is 18.9 Å². The molecular formula is C12H17BrN2O2. The number of nitrogens with one attached hydrogen (secondary N) is 1. The zero-order chi connectivity index (χ0) is 12.8. The quantitative estimate of drug-likeness (QED) is 0.647. The number of nitrogen functional groups attached to an aromatic ring is 1. The summed E-state index contributed by atoms with van der Waals surface area (Å²) >= 11 is 3.29. The predicted octanol–water partition coefficient (Wildman–Crippen LogP) is 2.19. The summed E-state index contributed by atoms with van der Waals surface area (Å²) in [5.41, 5.74) is 6.70. The van der Waals surface area contributed by atoms with Crippen molar-refractivity contribution in [2.45, 2.75) is 20.0 Å². The third-order valence-electron chi connectivity index (χ3n) is 2.10. The van der Waals surface area contributed by atoms with Crippen LogP contribution in [0.5, 0.6) is 0 Å². The molecule has 1 aromatic carbocycles. The Hall–Kier alpha value is -1.07. The second-order valence-corrected chi connectivity index (χ2v) is 4.82. The Morgan fingerprint density at radius 3 is 2.82 bits per heavy atom. The summed E-state index contributed by atoms with van der Waals surface area (Å²) < 4.78 is 6.18. The van der Waals surface area contributed by atoms with Crippen LogP contribution >= 0.6 is 15.9 Å². The van der Waals surface area contributed by atoms with Crippen LogP contribution in [0.25, 0.3) is 0 Å². The predicted molar refractivity (Wildman–Crippen MR) is 72.0 cm³/mol. The van der Waals surface area contributed by atoms with Gasteiger partial charge in [0.25, 0.3) is 5.91 Å². The number of hydrogen-bond acceptors (Lipinski definition) is 3. The van der Waals surface area contributed by atoms with E-state index >= 15 is 0 Å². The maximum Gasteiger partial charge on any atom is 0.253 e. The molecule has 0 heterocycles. The molecule has 0 aliphatic heterocycles. The van der Waals surface area contributed by atoms with Crippen molar-refractivity contribution in [3.63, 3.8) is 0 Å². The van der Waals surface area contributed by atoms with Crippen LogP contribution in [0.3, 0.4) is 0 Å². The van der Waals surface area contributed by atoms with Gasteiger partial charge in [0.2, 0.25) is 0 Å². The zero-order valence-electron chi connectivity index (χ0n) is 10.00. The van der Waals surface area contributed by atoms with E-state index in [-0.39, 0.29) is 12.0 Å². The number of ether oxygens (including phenoxy) is 1. The highest BCUT2D eigenvalue weighted by Gasteiger charge is 2.08. The molecule has 1 aromatic rings. The number of rotatable bonds is 5. The monoisotopic (exact) mass is 300 g/mol. The van der Waals surface area contributed by atoms with E-state index in [1.807, 2.05) is 13.8 Å². The fourth-order valence-electron chi connectivity index (χ4n) is 1.29. The Bertz CT molecular complexity index is 394. The molecule has 0 aliphatic rings. The molecule has 0 saturated carbocycles. The fourth-order valence-corrected chi connectivity index (χ4v) is 1.67. The lowest BCUT2D eigenvalue weighted by atomic mass is 10.1. The van der Waals surface area contributed by atoms with Gasteiger partial charge in [0.15, 0.2) is 0 Å². The molecule has 0 fully saturated rings. The van der Waals surface area contributed by atoms with E-state index in [0.29, 0.717) is 24.4 Å². The molecule has 0 radical (unpaired) electrons. The summed E-state index contributed by atoms with van der Waals surface area (Å²) in [5.74, 6) is -0.178. The van der Waals surface area contributed by atoms with Crippen LogP contribution in [-0.2, 0) is 4.74 Å². The summed E-state index contributed by atoms with van der Waals surface area (Å²) in [6.07, 6.45) is 0.171. The normalized spacial score (nSPS) is 10.6. The molecule has 5 heteroatoms. The molecule has 0 aliphatic carbocycles. The largest absolute Gasteiger partial charge is 0.398 e. The van der Waals surface area contributed by atoms with Crippen molar-refractivity contribution in [1.82, 2.24) is 5.32 Å². The maximum absolute atomic E-state index is 11.8. The second-order valence-electron chi connectivity index (χ2n) is 3.91. The third-order valence-corrected chi connectivity index (χ3v) is 2.59. The molecule has 0 atom stereocenters. The molecule has 0 bridgehead atoms. The van der Waals surface area contributed by atoms with E-state index in [1.54, 1.807) is 18.2 Å². The molecule has 0 unspecified atom stereocenters. The molecule has 3 N–H and O–H groups in total. The number of halogens is 1. The maximum atomic E-state index is 11.8. The molecule has 4 nitrogen and oxygen atoms in total. The molecule has 17 heavy (non-hydrogen) atoms. The van der Waals surface area contributed by atoms with Gasteiger partial charge in [-0.2, -0.15) is 0 Å². The Kier molecular flexibility index (Phi) is 5.44. The van der Waals surface area contributed by atoms with E-state index in [4.69, 9.17) is 10.5 Å². The molecule has 0 aromatic heterocycles. The van der Waals surface area contributed by atoms with E-state index in [2.05, 4.69) is 21.2 Å². The summed E-state index contributed by atoms with van der Waals surface area (Å²) in [6.45, 7) is 4.88. The van der Waals surface area contributed by atoms with Crippen molar-refractivity contribution in [3.05, 3.63) is 28.2 Å². The van der Waals surface area contributed by atoms with Crippen LogP contribution in [0, 0.1) is 0 Å². The third kappa shape index (κ3) is 4.75. The standard InChI is InChI=1S/C12H17BrN2O2/c1-8(2)17-6-5-15-12(16)10-4-3-9(13)7-11(10)14/h3-4,7-8H,5-6,14H2,1-2H3,(H,15,16). The van der Waals surface area contributed by atoms with E-state index in [9.17, 15) is 4.79 Å². The van der Waals surface area contributed by atoms with Gasteiger partial charge in [-0.25, -0.2) is 0 Å². The first-order valence-electron chi connectivity index (χ1n) is 5.45. The van der Waals surface area contributed by atoms with E-state index in [0.717, 1.165) is 4.47 Å². The topological polar surface area (TPSA) is 64.3 Å². The van der Waals surface area contributed by atoms with Crippen molar-refractivity contribution in [1.29, 1.82) is 0 Å². The summed E-state index contributed by atoms with van der Waals surface area (Å²) in [6, 6.07) is 5.19. The number of carbonyl (C=O) groups is 1. The zero-order valence-corrected chi connectivity index (χ0v) is 11.6. The Morgan fingerprint density at radius 1 is 1.53 bits per heavy atom. The lowest BCUT2D eigenvalue weighted by molar-refractivity contribution is 0.0747. The second kappa shape index (κ2) is 6.61. The minimum absolute atomic E-state index is 0.171. The Labute approximate surface area is 110 Å². The average Bonchev–Trinajstić information content (AvgIpc) is 2.23. The molecule has 1 amide bonds. The lowest BCUT2D eigenvalue weighted by Crippen LogP contribution is -2.28. The van der Waals surface area contributed by atoms with E-state index < -0.39 is 0 Å². The average molecular weight is 301 g/mol. The van der Waals surface area contributed by atoms with Gasteiger partial charge in [-0.05, 0) is 32.0 Å². The highest BCUT2D eigenvalue weighted by atomic mass is 79.9. The Balaban J connectivity index is 2.47. The lowest BCUT2D eigenvalue weighted by Gasteiger charge is -2.10. The van der Waals surface area contributed by atoms with Gasteiger partial charge in [-0.15, -0.1) is 0 Å². The van der Waals surface area contributed by atoms with Crippen LogP contribution in [0.4, 0.5) is 5.69 Å².